The predicted octanol–water partition coefficient (Wildman–Crippen LogP) is 5.76. The highest BCUT2D eigenvalue weighted by molar-refractivity contribution is 6.03. The zero-order valence-electron chi connectivity index (χ0n) is 15.5. The number of amides is 1. The van der Waals surface area contributed by atoms with Gasteiger partial charge in [-0.1, -0.05) is 68.4 Å². The molecule has 0 saturated carbocycles. The number of carbonyl (C=O) groups is 1. The van der Waals surface area contributed by atoms with Gasteiger partial charge in [-0.2, -0.15) is 0 Å². The van der Waals surface area contributed by atoms with E-state index in [1.165, 1.54) is 0 Å². The standard InChI is InChI=1S/C23H25NO2/c1-4-16(2)19-12-7-8-15-22(19)26-17(3)23(25)24-21-14-9-11-18-10-5-6-13-20(18)21/h5-17H,4H2,1-3H3,(H,24,25). The van der Waals surface area contributed by atoms with Crippen molar-refractivity contribution < 1.29 is 9.53 Å². The van der Waals surface area contributed by atoms with E-state index in [2.05, 4.69) is 25.2 Å². The van der Waals surface area contributed by atoms with Crippen molar-refractivity contribution in [3.8, 4) is 5.75 Å². The zero-order chi connectivity index (χ0) is 18.5. The van der Waals surface area contributed by atoms with Gasteiger partial charge in [0.25, 0.3) is 5.91 Å². The van der Waals surface area contributed by atoms with E-state index in [9.17, 15) is 4.79 Å². The monoisotopic (exact) mass is 347 g/mol. The number of anilines is 1. The summed E-state index contributed by atoms with van der Waals surface area (Å²) in [7, 11) is 0. The van der Waals surface area contributed by atoms with E-state index in [1.54, 1.807) is 6.92 Å². The fraction of sp³-hybridized carbons (Fsp3) is 0.261. The molecule has 0 aromatic heterocycles. The van der Waals surface area contributed by atoms with Gasteiger partial charge in [-0.3, -0.25) is 4.79 Å². The van der Waals surface area contributed by atoms with Crippen molar-refractivity contribution in [2.24, 2.45) is 0 Å². The largest absolute Gasteiger partial charge is 0.481 e. The number of benzene rings is 3. The summed E-state index contributed by atoms with van der Waals surface area (Å²) in [6.45, 7) is 6.11. The molecule has 3 heteroatoms. The summed E-state index contributed by atoms with van der Waals surface area (Å²) in [6.07, 6.45) is 0.441. The number of nitrogens with one attached hydrogen (secondary N) is 1. The van der Waals surface area contributed by atoms with Crippen molar-refractivity contribution in [3.05, 3.63) is 72.3 Å². The van der Waals surface area contributed by atoms with Crippen molar-refractivity contribution in [3.63, 3.8) is 0 Å². The Morgan fingerprint density at radius 1 is 0.962 bits per heavy atom. The van der Waals surface area contributed by atoms with E-state index in [4.69, 9.17) is 4.74 Å². The molecular formula is C23H25NO2. The van der Waals surface area contributed by atoms with Gasteiger partial charge in [-0.05, 0) is 42.3 Å². The number of hydrogen-bond acceptors (Lipinski definition) is 2. The Hall–Kier alpha value is -2.81. The summed E-state index contributed by atoms with van der Waals surface area (Å²) >= 11 is 0. The molecule has 2 atom stereocenters. The lowest BCUT2D eigenvalue weighted by Gasteiger charge is -2.20. The van der Waals surface area contributed by atoms with Crippen LogP contribution in [0.25, 0.3) is 10.8 Å². The van der Waals surface area contributed by atoms with Crippen molar-refractivity contribution in [2.75, 3.05) is 5.32 Å². The molecule has 134 valence electrons. The average Bonchev–Trinajstić information content (AvgIpc) is 2.68. The molecule has 0 aliphatic rings. The molecule has 0 heterocycles. The van der Waals surface area contributed by atoms with Crippen molar-refractivity contribution in [1.29, 1.82) is 0 Å². The Morgan fingerprint density at radius 3 is 2.46 bits per heavy atom. The van der Waals surface area contributed by atoms with E-state index in [1.807, 2.05) is 60.7 Å². The number of fused-ring (bicyclic) bond motifs is 1. The minimum Gasteiger partial charge on any atom is -0.481 e. The van der Waals surface area contributed by atoms with Crippen LogP contribution in [-0.4, -0.2) is 12.0 Å². The van der Waals surface area contributed by atoms with Crippen molar-refractivity contribution in [1.82, 2.24) is 0 Å². The molecule has 1 N–H and O–H groups in total. The normalized spacial score (nSPS) is 13.2. The minimum atomic E-state index is -0.584. The Bertz CT molecular complexity index is 898. The maximum atomic E-state index is 12.7. The van der Waals surface area contributed by atoms with E-state index < -0.39 is 6.10 Å². The second-order valence-electron chi connectivity index (χ2n) is 6.62. The van der Waals surface area contributed by atoms with Crippen LogP contribution in [0, 0.1) is 0 Å². The number of rotatable bonds is 6. The summed E-state index contributed by atoms with van der Waals surface area (Å²) in [5.74, 6) is 1.02. The summed E-state index contributed by atoms with van der Waals surface area (Å²) < 4.78 is 6.00. The first-order valence-corrected chi connectivity index (χ1v) is 9.14. The highest BCUT2D eigenvalue weighted by Gasteiger charge is 2.18. The van der Waals surface area contributed by atoms with Gasteiger partial charge < -0.3 is 10.1 Å². The third-order valence-corrected chi connectivity index (χ3v) is 4.78. The number of para-hydroxylation sites is 1. The molecule has 0 bridgehead atoms. The van der Waals surface area contributed by atoms with Gasteiger partial charge in [-0.15, -0.1) is 0 Å². The fourth-order valence-corrected chi connectivity index (χ4v) is 3.03. The Labute approximate surface area is 155 Å². The molecule has 1 amide bonds. The lowest BCUT2D eigenvalue weighted by molar-refractivity contribution is -0.122. The first-order chi connectivity index (χ1) is 12.6. The summed E-state index contributed by atoms with van der Waals surface area (Å²) in [5, 5.41) is 5.13. The first kappa shape index (κ1) is 18.0. The minimum absolute atomic E-state index is 0.152. The third kappa shape index (κ3) is 3.88. The maximum absolute atomic E-state index is 12.7. The molecule has 0 aliphatic heterocycles. The molecule has 3 rings (SSSR count). The van der Waals surface area contributed by atoms with Crippen LogP contribution < -0.4 is 10.1 Å². The van der Waals surface area contributed by atoms with Gasteiger partial charge in [0.2, 0.25) is 0 Å². The average molecular weight is 347 g/mol. The van der Waals surface area contributed by atoms with Crippen LogP contribution in [0.3, 0.4) is 0 Å². The topological polar surface area (TPSA) is 38.3 Å². The van der Waals surface area contributed by atoms with Gasteiger partial charge in [0.15, 0.2) is 6.10 Å². The van der Waals surface area contributed by atoms with Crippen molar-refractivity contribution >= 4 is 22.4 Å². The molecule has 0 fully saturated rings. The number of hydrogen-bond donors (Lipinski definition) is 1. The highest BCUT2D eigenvalue weighted by Crippen LogP contribution is 2.29. The molecule has 0 spiro atoms. The van der Waals surface area contributed by atoms with E-state index in [0.29, 0.717) is 5.92 Å². The third-order valence-electron chi connectivity index (χ3n) is 4.78. The summed E-state index contributed by atoms with van der Waals surface area (Å²) in [6, 6.07) is 21.9. The van der Waals surface area contributed by atoms with Gasteiger partial charge in [0.05, 0.1) is 0 Å². The fourth-order valence-electron chi connectivity index (χ4n) is 3.03. The van der Waals surface area contributed by atoms with Gasteiger partial charge in [-0.25, -0.2) is 0 Å². The summed E-state index contributed by atoms with van der Waals surface area (Å²) in [5.41, 5.74) is 1.94. The molecule has 3 nitrogen and oxygen atoms in total. The molecule has 0 radical (unpaired) electrons. The van der Waals surface area contributed by atoms with Crippen LogP contribution >= 0.6 is 0 Å². The number of carbonyl (C=O) groups excluding carboxylic acids is 1. The van der Waals surface area contributed by atoms with Gasteiger partial charge >= 0.3 is 0 Å². The predicted molar refractivity (Wildman–Crippen MR) is 108 cm³/mol. The molecule has 0 saturated heterocycles. The zero-order valence-corrected chi connectivity index (χ0v) is 15.5. The Balaban J connectivity index is 1.77. The van der Waals surface area contributed by atoms with Crippen LogP contribution in [0.4, 0.5) is 5.69 Å². The molecule has 3 aromatic rings. The first-order valence-electron chi connectivity index (χ1n) is 9.14. The van der Waals surface area contributed by atoms with Crippen LogP contribution in [0.1, 0.15) is 38.7 Å². The highest BCUT2D eigenvalue weighted by atomic mass is 16.5. The Kier molecular flexibility index (Phi) is 5.57. The van der Waals surface area contributed by atoms with Gasteiger partial charge in [0, 0.05) is 11.1 Å². The van der Waals surface area contributed by atoms with E-state index in [0.717, 1.165) is 34.2 Å². The second-order valence-corrected chi connectivity index (χ2v) is 6.62. The van der Waals surface area contributed by atoms with Crippen LogP contribution in [0.15, 0.2) is 66.7 Å². The second kappa shape index (κ2) is 8.05. The lowest BCUT2D eigenvalue weighted by Crippen LogP contribution is -2.30. The van der Waals surface area contributed by atoms with Crippen LogP contribution in [0.2, 0.25) is 0 Å². The lowest BCUT2D eigenvalue weighted by atomic mass is 9.98. The summed E-state index contributed by atoms with van der Waals surface area (Å²) in [4.78, 5) is 12.7. The van der Waals surface area contributed by atoms with Crippen LogP contribution in [-0.2, 0) is 4.79 Å². The van der Waals surface area contributed by atoms with E-state index in [-0.39, 0.29) is 5.91 Å². The molecule has 2 unspecified atom stereocenters. The molecule has 3 aromatic carbocycles. The van der Waals surface area contributed by atoms with Gasteiger partial charge in [0.1, 0.15) is 5.75 Å². The quantitative estimate of drug-likeness (QED) is 0.616. The molecule has 0 aliphatic carbocycles. The smallest absolute Gasteiger partial charge is 0.265 e. The number of ether oxygens (including phenoxy) is 1. The molecule has 26 heavy (non-hydrogen) atoms. The molecular weight excluding hydrogens is 322 g/mol. The van der Waals surface area contributed by atoms with Crippen molar-refractivity contribution in [2.45, 2.75) is 39.2 Å². The van der Waals surface area contributed by atoms with E-state index >= 15 is 0 Å². The SMILES string of the molecule is CCC(C)c1ccccc1OC(C)C(=O)Nc1cccc2ccccc12. The maximum Gasteiger partial charge on any atom is 0.265 e. The Morgan fingerprint density at radius 2 is 1.65 bits per heavy atom. The van der Waals surface area contributed by atoms with Crippen LogP contribution in [0.5, 0.6) is 5.75 Å².